The molecular weight excluding hydrogens is 492 g/mol. The van der Waals surface area contributed by atoms with Crippen LogP contribution in [0.15, 0.2) is 91.0 Å². The average molecular weight is 527 g/mol. The first kappa shape index (κ1) is 28.3. The van der Waals surface area contributed by atoms with E-state index in [1.54, 1.807) is 67.6 Å². The highest BCUT2D eigenvalue weighted by atomic mass is 16.8. The number of rotatable bonds is 12. The lowest BCUT2D eigenvalue weighted by atomic mass is 9.90. The van der Waals surface area contributed by atoms with Crippen LogP contribution >= 0.6 is 0 Å². The van der Waals surface area contributed by atoms with E-state index < -0.39 is 36.4 Å². The Bertz CT molecular complexity index is 1100. The Labute approximate surface area is 221 Å². The Morgan fingerprint density at radius 1 is 0.763 bits per heavy atom. The normalized spacial score (nSPS) is 28.2. The van der Waals surface area contributed by atoms with Gasteiger partial charge in [0, 0.05) is 6.61 Å². The largest absolute Gasteiger partial charge is 0.382 e. The Balaban J connectivity index is 1.67. The van der Waals surface area contributed by atoms with E-state index in [9.17, 15) is 20.4 Å². The van der Waals surface area contributed by atoms with Crippen molar-refractivity contribution in [3.63, 3.8) is 0 Å². The van der Waals surface area contributed by atoms with Crippen molar-refractivity contribution in [1.82, 2.24) is 0 Å². The van der Waals surface area contributed by atoms with Gasteiger partial charge in [-0.3, -0.25) is 0 Å². The van der Waals surface area contributed by atoms with Crippen molar-refractivity contribution in [2.45, 2.75) is 63.1 Å². The fraction of sp³-hybridized carbons (Fsp3) is 0.379. The molecule has 0 saturated carbocycles. The van der Waals surface area contributed by atoms with Crippen molar-refractivity contribution in [2.24, 2.45) is 0 Å². The summed E-state index contributed by atoms with van der Waals surface area (Å²) in [6.07, 6.45) is -7.44. The molecule has 0 aliphatic carbocycles. The fourth-order valence-electron chi connectivity index (χ4n) is 4.20. The quantitative estimate of drug-likeness (QED) is 0.263. The first-order valence-electron chi connectivity index (χ1n) is 12.5. The van der Waals surface area contributed by atoms with E-state index >= 15 is 0 Å². The Morgan fingerprint density at radius 3 is 1.74 bits per heavy atom. The molecule has 0 aromatic heterocycles. The summed E-state index contributed by atoms with van der Waals surface area (Å²) in [4.78, 5) is 0. The second kappa shape index (κ2) is 12.9. The van der Waals surface area contributed by atoms with Crippen LogP contribution in [0.4, 0.5) is 0 Å². The SMILES string of the molecule is CCOC1O[C@](OCc2ccccc2)(C(O)OCc2ccccc2)[C@@H](O)[C@@](O)(OCc2ccccc2)[C@H]1O. The van der Waals surface area contributed by atoms with Gasteiger partial charge in [0.15, 0.2) is 18.5 Å². The van der Waals surface area contributed by atoms with E-state index in [1.807, 2.05) is 30.3 Å². The van der Waals surface area contributed by atoms with Gasteiger partial charge in [0.2, 0.25) is 12.1 Å². The van der Waals surface area contributed by atoms with Crippen LogP contribution in [0, 0.1) is 0 Å². The maximum atomic E-state index is 11.6. The maximum absolute atomic E-state index is 11.6. The van der Waals surface area contributed by atoms with Crippen LogP contribution in [0.2, 0.25) is 0 Å². The van der Waals surface area contributed by atoms with Crippen molar-refractivity contribution in [1.29, 1.82) is 0 Å². The molecule has 1 heterocycles. The molecule has 3 aromatic carbocycles. The molecule has 0 spiro atoms. The molecule has 0 bridgehead atoms. The highest BCUT2D eigenvalue weighted by molar-refractivity contribution is 5.16. The first-order chi connectivity index (χ1) is 18.4. The number of ether oxygens (including phenoxy) is 5. The molecule has 204 valence electrons. The number of aliphatic hydroxyl groups is 4. The number of benzene rings is 3. The minimum atomic E-state index is -2.66. The highest BCUT2D eigenvalue weighted by Crippen LogP contribution is 2.42. The van der Waals surface area contributed by atoms with E-state index in [-0.39, 0.29) is 26.4 Å². The minimum Gasteiger partial charge on any atom is -0.382 e. The van der Waals surface area contributed by atoms with Crippen LogP contribution in [0.5, 0.6) is 0 Å². The lowest BCUT2D eigenvalue weighted by Gasteiger charge is -2.53. The molecule has 1 fully saturated rings. The number of aliphatic hydroxyl groups excluding tert-OH is 3. The molecular formula is C29H34O9. The van der Waals surface area contributed by atoms with Gasteiger partial charge in [-0.15, -0.1) is 0 Å². The van der Waals surface area contributed by atoms with Crippen LogP contribution in [-0.4, -0.2) is 63.4 Å². The number of hydrogen-bond donors (Lipinski definition) is 4. The van der Waals surface area contributed by atoms with E-state index in [1.165, 1.54) is 0 Å². The molecule has 38 heavy (non-hydrogen) atoms. The van der Waals surface area contributed by atoms with Crippen molar-refractivity contribution >= 4 is 0 Å². The smallest absolute Gasteiger partial charge is 0.255 e. The Hall–Kier alpha value is -2.70. The average Bonchev–Trinajstić information content (AvgIpc) is 2.96. The standard InChI is InChI=1S/C29H34O9/c1-2-34-25-24(30)28(33,36-19-22-14-8-4-9-15-22)26(31)29(38-25,37-20-23-16-10-5-11-17-23)27(32)35-18-21-12-6-3-7-13-21/h3-17,24-27,30-33H,2,18-20H2,1H3/t24-,25?,26-,27?,28-,29-/m0/s1. The predicted octanol–water partition coefficient (Wildman–Crippen LogP) is 2.45. The third-order valence-electron chi connectivity index (χ3n) is 6.30. The lowest BCUT2D eigenvalue weighted by molar-refractivity contribution is -0.497. The van der Waals surface area contributed by atoms with Crippen molar-refractivity contribution in [3.05, 3.63) is 108 Å². The maximum Gasteiger partial charge on any atom is 0.255 e. The monoisotopic (exact) mass is 526 g/mol. The predicted molar refractivity (Wildman–Crippen MR) is 136 cm³/mol. The third kappa shape index (κ3) is 6.29. The van der Waals surface area contributed by atoms with Gasteiger partial charge in [0.1, 0.15) is 0 Å². The van der Waals surface area contributed by atoms with Crippen molar-refractivity contribution < 1.29 is 44.1 Å². The van der Waals surface area contributed by atoms with Crippen LogP contribution in [-0.2, 0) is 43.5 Å². The van der Waals surface area contributed by atoms with E-state index in [4.69, 9.17) is 23.7 Å². The molecule has 1 aliphatic rings. The lowest BCUT2D eigenvalue weighted by Crippen LogP contribution is -2.76. The summed E-state index contributed by atoms with van der Waals surface area (Å²) >= 11 is 0. The molecule has 0 radical (unpaired) electrons. The highest BCUT2D eigenvalue weighted by Gasteiger charge is 2.67. The van der Waals surface area contributed by atoms with E-state index in [2.05, 4.69) is 0 Å². The topological polar surface area (TPSA) is 127 Å². The summed E-state index contributed by atoms with van der Waals surface area (Å²) in [5.74, 6) is -5.07. The zero-order chi connectivity index (χ0) is 27.0. The van der Waals surface area contributed by atoms with E-state index in [0.717, 1.165) is 5.56 Å². The number of hydrogen-bond acceptors (Lipinski definition) is 9. The molecule has 0 amide bonds. The van der Waals surface area contributed by atoms with E-state index in [0.29, 0.717) is 11.1 Å². The van der Waals surface area contributed by atoms with Crippen molar-refractivity contribution in [2.75, 3.05) is 6.61 Å². The first-order valence-corrected chi connectivity index (χ1v) is 12.5. The molecule has 1 aliphatic heterocycles. The summed E-state index contributed by atoms with van der Waals surface area (Å²) in [6.45, 7) is 1.40. The zero-order valence-corrected chi connectivity index (χ0v) is 21.1. The second-order valence-corrected chi connectivity index (χ2v) is 8.96. The van der Waals surface area contributed by atoms with Crippen LogP contribution < -0.4 is 0 Å². The summed E-state index contributed by atoms with van der Waals surface area (Å²) < 4.78 is 28.9. The fourth-order valence-corrected chi connectivity index (χ4v) is 4.20. The molecule has 9 heteroatoms. The van der Waals surface area contributed by atoms with Gasteiger partial charge in [0.05, 0.1) is 19.8 Å². The van der Waals surface area contributed by atoms with Gasteiger partial charge in [-0.2, -0.15) is 0 Å². The van der Waals surface area contributed by atoms with Crippen LogP contribution in [0.25, 0.3) is 0 Å². The summed E-state index contributed by atoms with van der Waals surface area (Å²) in [5, 5.41) is 45.4. The molecule has 9 nitrogen and oxygen atoms in total. The molecule has 2 unspecified atom stereocenters. The summed E-state index contributed by atoms with van der Waals surface area (Å²) in [7, 11) is 0. The summed E-state index contributed by atoms with van der Waals surface area (Å²) in [5.41, 5.74) is 2.12. The van der Waals surface area contributed by atoms with Crippen LogP contribution in [0.3, 0.4) is 0 Å². The molecule has 6 atom stereocenters. The van der Waals surface area contributed by atoms with Gasteiger partial charge in [-0.05, 0) is 23.6 Å². The van der Waals surface area contributed by atoms with Gasteiger partial charge in [-0.1, -0.05) is 91.0 Å². The van der Waals surface area contributed by atoms with Gasteiger partial charge in [-0.25, -0.2) is 0 Å². The van der Waals surface area contributed by atoms with Gasteiger partial charge in [0.25, 0.3) is 5.79 Å². The Kier molecular flexibility index (Phi) is 9.61. The molecule has 1 saturated heterocycles. The molecule has 4 N–H and O–H groups in total. The van der Waals surface area contributed by atoms with Gasteiger partial charge < -0.3 is 44.1 Å². The van der Waals surface area contributed by atoms with Gasteiger partial charge >= 0.3 is 0 Å². The van der Waals surface area contributed by atoms with Crippen molar-refractivity contribution in [3.8, 4) is 0 Å². The minimum absolute atomic E-state index is 0.0559. The molecule has 3 aromatic rings. The molecule has 4 rings (SSSR count). The second-order valence-electron chi connectivity index (χ2n) is 8.96. The Morgan fingerprint density at radius 2 is 1.24 bits per heavy atom. The third-order valence-corrected chi connectivity index (χ3v) is 6.30. The zero-order valence-electron chi connectivity index (χ0n) is 21.1. The van der Waals surface area contributed by atoms with Crippen LogP contribution in [0.1, 0.15) is 23.6 Å². The summed E-state index contributed by atoms with van der Waals surface area (Å²) in [6, 6.07) is 27.0.